The lowest BCUT2D eigenvalue weighted by molar-refractivity contribution is -0.132. The van der Waals surface area contributed by atoms with Gasteiger partial charge in [0.2, 0.25) is 5.91 Å². The highest BCUT2D eigenvalue weighted by atomic mass is 19.1. The maximum Gasteiger partial charge on any atom is 0.222 e. The molecule has 3 nitrogen and oxygen atoms in total. The molecular formula is C24H33FN2O. The molecule has 0 spiro atoms. The van der Waals surface area contributed by atoms with Crippen LogP contribution in [0, 0.1) is 11.7 Å². The molecule has 0 N–H and O–H groups in total. The van der Waals surface area contributed by atoms with Gasteiger partial charge in [0.05, 0.1) is 6.54 Å². The van der Waals surface area contributed by atoms with Gasteiger partial charge in [-0.1, -0.05) is 51.2 Å². The van der Waals surface area contributed by atoms with Gasteiger partial charge in [0, 0.05) is 31.4 Å². The fourth-order valence-corrected chi connectivity index (χ4v) is 4.20. The Morgan fingerprint density at radius 3 is 2.79 bits per heavy atom. The van der Waals surface area contributed by atoms with Crippen LogP contribution >= 0.6 is 0 Å². The van der Waals surface area contributed by atoms with Gasteiger partial charge in [-0.2, -0.15) is 0 Å². The molecule has 1 aliphatic rings. The molecule has 0 saturated heterocycles. The van der Waals surface area contributed by atoms with Crippen LogP contribution in [-0.4, -0.2) is 21.9 Å². The number of carbonyl (C=O) groups excluding carboxylic acids is 1. The summed E-state index contributed by atoms with van der Waals surface area (Å²) in [7, 11) is 0. The van der Waals surface area contributed by atoms with E-state index < -0.39 is 0 Å². The van der Waals surface area contributed by atoms with E-state index in [1.165, 1.54) is 31.7 Å². The fraction of sp³-hybridized carbons (Fsp3) is 0.542. The highest BCUT2D eigenvalue weighted by molar-refractivity contribution is 5.76. The molecule has 0 aliphatic heterocycles. The van der Waals surface area contributed by atoms with Crippen molar-refractivity contribution >= 4 is 5.91 Å². The summed E-state index contributed by atoms with van der Waals surface area (Å²) in [6.07, 6.45) is 11.1. The number of hydrogen-bond acceptors (Lipinski definition) is 1. The van der Waals surface area contributed by atoms with Crippen LogP contribution < -0.4 is 0 Å². The van der Waals surface area contributed by atoms with Crippen molar-refractivity contribution in [3.05, 3.63) is 59.7 Å². The maximum absolute atomic E-state index is 13.5. The maximum atomic E-state index is 13.5. The molecule has 1 aromatic carbocycles. The van der Waals surface area contributed by atoms with Crippen LogP contribution in [-0.2, 0) is 17.9 Å². The number of rotatable bonds is 10. The van der Waals surface area contributed by atoms with Crippen molar-refractivity contribution < 1.29 is 9.18 Å². The largest absolute Gasteiger partial charge is 0.345 e. The number of nitrogens with zero attached hydrogens (tertiary/aromatic N) is 2. The van der Waals surface area contributed by atoms with E-state index in [-0.39, 0.29) is 11.7 Å². The second-order valence-electron chi connectivity index (χ2n) is 8.12. The minimum Gasteiger partial charge on any atom is -0.345 e. The Hall–Kier alpha value is -2.10. The predicted molar refractivity (Wildman–Crippen MR) is 111 cm³/mol. The SMILES string of the molecule is CCCCN(Cc1cccn1Cc1cccc(F)c1)C(=O)CCC1CCCC1. The first-order chi connectivity index (χ1) is 13.7. The third-order valence-corrected chi connectivity index (χ3v) is 5.89. The normalized spacial score (nSPS) is 14.5. The van der Waals surface area contributed by atoms with Crippen LogP contribution in [0.3, 0.4) is 0 Å². The predicted octanol–water partition coefficient (Wildman–Crippen LogP) is 5.77. The molecule has 2 aromatic rings. The van der Waals surface area contributed by atoms with Crippen molar-refractivity contribution in [2.24, 2.45) is 5.92 Å². The van der Waals surface area contributed by atoms with Gasteiger partial charge < -0.3 is 9.47 Å². The van der Waals surface area contributed by atoms with Crippen molar-refractivity contribution in [2.45, 2.75) is 71.4 Å². The Labute approximate surface area is 168 Å². The Morgan fingerprint density at radius 1 is 1.21 bits per heavy atom. The van der Waals surface area contributed by atoms with Crippen molar-refractivity contribution in [3.8, 4) is 0 Å². The number of carbonyl (C=O) groups is 1. The van der Waals surface area contributed by atoms with Crippen molar-refractivity contribution in [2.75, 3.05) is 6.54 Å². The first-order valence-corrected chi connectivity index (χ1v) is 10.8. The van der Waals surface area contributed by atoms with Gasteiger partial charge in [-0.15, -0.1) is 0 Å². The lowest BCUT2D eigenvalue weighted by Crippen LogP contribution is -2.32. The van der Waals surface area contributed by atoms with Gasteiger partial charge in [0.25, 0.3) is 0 Å². The molecule has 1 saturated carbocycles. The second-order valence-corrected chi connectivity index (χ2v) is 8.12. The van der Waals surface area contributed by atoms with Crippen LogP contribution in [0.25, 0.3) is 0 Å². The lowest BCUT2D eigenvalue weighted by Gasteiger charge is -2.24. The molecule has 1 aromatic heterocycles. The van der Waals surface area contributed by atoms with Crippen LogP contribution in [0.2, 0.25) is 0 Å². The van der Waals surface area contributed by atoms with E-state index in [1.54, 1.807) is 12.1 Å². The van der Waals surface area contributed by atoms with Gasteiger partial charge in [-0.05, 0) is 48.6 Å². The quantitative estimate of drug-likeness (QED) is 0.510. The minimum absolute atomic E-state index is 0.210. The molecule has 4 heteroatoms. The molecule has 152 valence electrons. The summed E-state index contributed by atoms with van der Waals surface area (Å²) < 4.78 is 15.6. The zero-order chi connectivity index (χ0) is 19.8. The van der Waals surface area contributed by atoms with Crippen LogP contribution in [0.4, 0.5) is 4.39 Å². The highest BCUT2D eigenvalue weighted by Gasteiger charge is 2.20. The summed E-state index contributed by atoms with van der Waals surface area (Å²) >= 11 is 0. The van der Waals surface area contributed by atoms with Crippen molar-refractivity contribution in [3.63, 3.8) is 0 Å². The average Bonchev–Trinajstić information content (AvgIpc) is 3.35. The summed E-state index contributed by atoms with van der Waals surface area (Å²) in [6.45, 7) is 4.22. The molecule has 28 heavy (non-hydrogen) atoms. The summed E-state index contributed by atoms with van der Waals surface area (Å²) in [6, 6.07) is 10.8. The summed E-state index contributed by atoms with van der Waals surface area (Å²) in [5.74, 6) is 0.811. The van der Waals surface area contributed by atoms with E-state index >= 15 is 0 Å². The summed E-state index contributed by atoms with van der Waals surface area (Å²) in [4.78, 5) is 14.9. The molecule has 3 rings (SSSR count). The Balaban J connectivity index is 1.63. The number of aromatic nitrogens is 1. The molecule has 1 fully saturated rings. The zero-order valence-electron chi connectivity index (χ0n) is 17.1. The second kappa shape index (κ2) is 10.4. The molecule has 1 aliphatic carbocycles. The topological polar surface area (TPSA) is 25.2 Å². The van der Waals surface area contributed by atoms with Gasteiger partial charge in [-0.3, -0.25) is 4.79 Å². The van der Waals surface area contributed by atoms with E-state index in [2.05, 4.69) is 17.6 Å². The van der Waals surface area contributed by atoms with Crippen LogP contribution in [0.5, 0.6) is 0 Å². The van der Waals surface area contributed by atoms with Gasteiger partial charge in [0.15, 0.2) is 0 Å². The van der Waals surface area contributed by atoms with Crippen LogP contribution in [0.1, 0.15) is 69.5 Å². The average molecular weight is 385 g/mol. The smallest absolute Gasteiger partial charge is 0.222 e. The number of hydrogen-bond donors (Lipinski definition) is 0. The fourth-order valence-electron chi connectivity index (χ4n) is 4.20. The van der Waals surface area contributed by atoms with Gasteiger partial charge in [-0.25, -0.2) is 4.39 Å². The lowest BCUT2D eigenvalue weighted by atomic mass is 10.0. The van der Waals surface area contributed by atoms with Gasteiger partial charge >= 0.3 is 0 Å². The highest BCUT2D eigenvalue weighted by Crippen LogP contribution is 2.28. The van der Waals surface area contributed by atoms with Crippen molar-refractivity contribution in [1.82, 2.24) is 9.47 Å². The molecule has 1 amide bonds. The third kappa shape index (κ3) is 5.95. The number of halogens is 1. The number of unbranched alkanes of at least 4 members (excludes halogenated alkanes) is 1. The Kier molecular flexibility index (Phi) is 7.70. The number of amides is 1. The van der Waals surface area contributed by atoms with E-state index in [0.717, 1.165) is 43.0 Å². The van der Waals surface area contributed by atoms with Crippen molar-refractivity contribution in [1.29, 1.82) is 0 Å². The van der Waals surface area contributed by atoms with Crippen LogP contribution in [0.15, 0.2) is 42.6 Å². The molecule has 0 bridgehead atoms. The van der Waals surface area contributed by atoms with E-state index in [4.69, 9.17) is 0 Å². The standard InChI is InChI=1S/C24H33FN2O/c1-2-3-15-27(24(28)14-13-20-8-4-5-9-20)19-23-12-7-16-26(23)18-21-10-6-11-22(25)17-21/h6-7,10-12,16-17,20H,2-5,8-9,13-15,18-19H2,1H3. The molecule has 1 heterocycles. The summed E-state index contributed by atoms with van der Waals surface area (Å²) in [5, 5.41) is 0. The molecular weight excluding hydrogens is 351 g/mol. The minimum atomic E-state index is -0.210. The summed E-state index contributed by atoms with van der Waals surface area (Å²) in [5.41, 5.74) is 2.04. The molecule has 0 atom stereocenters. The van der Waals surface area contributed by atoms with E-state index in [1.807, 2.05) is 23.2 Å². The third-order valence-electron chi connectivity index (χ3n) is 5.89. The molecule has 0 radical (unpaired) electrons. The number of benzene rings is 1. The molecule has 0 unspecified atom stereocenters. The van der Waals surface area contributed by atoms with Gasteiger partial charge in [0.1, 0.15) is 5.82 Å². The van der Waals surface area contributed by atoms with E-state index in [9.17, 15) is 9.18 Å². The Bertz CT molecular complexity index is 749. The van der Waals surface area contributed by atoms with E-state index in [0.29, 0.717) is 19.5 Å². The zero-order valence-corrected chi connectivity index (χ0v) is 17.1. The first-order valence-electron chi connectivity index (χ1n) is 10.8. The first kappa shape index (κ1) is 20.6. The Morgan fingerprint density at radius 2 is 2.04 bits per heavy atom. The monoisotopic (exact) mass is 384 g/mol.